The average molecular weight is 533 g/mol. The molecule has 0 fully saturated rings. The van der Waals surface area contributed by atoms with Crippen LogP contribution in [0.4, 0.5) is 39.5 Å². The van der Waals surface area contributed by atoms with Crippen molar-refractivity contribution >= 4 is 17.7 Å². The Morgan fingerprint density at radius 3 is 1.91 bits per heavy atom. The Balaban J connectivity index is 2.24. The molecule has 0 amide bonds. The molecule has 2 rings (SSSR count). The molecular weight excluding hydrogens is 513 g/mol. The highest BCUT2D eigenvalue weighted by Crippen LogP contribution is 2.42. The summed E-state index contributed by atoms with van der Waals surface area (Å²) in [5.41, 5.74) is 1.28. The number of carbonyl (C=O) groups is 1. The fraction of sp³-hybridized carbons (Fsp3) is 0.409. The fourth-order valence-corrected chi connectivity index (χ4v) is 4.29. The third kappa shape index (κ3) is 8.06. The van der Waals surface area contributed by atoms with Gasteiger partial charge in [0.05, 0.1) is 17.0 Å². The Bertz CT molecular complexity index is 1000. The Labute approximate surface area is 198 Å². The van der Waals surface area contributed by atoms with E-state index in [0.29, 0.717) is 12.1 Å². The SMILES string of the molecule is NC(CCSCCC(c1ccc(-c2ccc(C(F)(F)F)cc2C(F)(F)F)cc1)C(F)(F)F)C(=O)O. The maximum atomic E-state index is 13.6. The number of aliphatic carboxylic acids is 1. The molecule has 0 aliphatic rings. The molecule has 0 saturated heterocycles. The fourth-order valence-electron chi connectivity index (χ4n) is 3.26. The monoisotopic (exact) mass is 533 g/mol. The average Bonchev–Trinajstić information content (AvgIpc) is 2.73. The Morgan fingerprint density at radius 1 is 0.857 bits per heavy atom. The molecule has 0 heterocycles. The topological polar surface area (TPSA) is 63.3 Å². The van der Waals surface area contributed by atoms with Crippen LogP contribution in [-0.4, -0.2) is 34.8 Å². The Kier molecular flexibility index (Phi) is 9.15. The number of nitrogens with two attached hydrogens (primary N) is 1. The highest BCUT2D eigenvalue weighted by molar-refractivity contribution is 7.99. The molecule has 2 atom stereocenters. The Morgan fingerprint density at radius 2 is 1.43 bits per heavy atom. The second-order valence-electron chi connectivity index (χ2n) is 7.61. The van der Waals surface area contributed by atoms with Gasteiger partial charge >= 0.3 is 24.5 Å². The van der Waals surface area contributed by atoms with E-state index in [1.165, 1.54) is 0 Å². The molecule has 3 nitrogen and oxygen atoms in total. The third-order valence-corrected chi connectivity index (χ3v) is 6.16. The predicted molar refractivity (Wildman–Crippen MR) is 113 cm³/mol. The Hall–Kier alpha value is -2.41. The first kappa shape index (κ1) is 28.8. The van der Waals surface area contributed by atoms with Gasteiger partial charge in [0.15, 0.2) is 0 Å². The second kappa shape index (κ2) is 11.1. The summed E-state index contributed by atoms with van der Waals surface area (Å²) in [7, 11) is 0. The van der Waals surface area contributed by atoms with Gasteiger partial charge in [-0.3, -0.25) is 4.79 Å². The van der Waals surface area contributed by atoms with E-state index in [9.17, 15) is 44.3 Å². The summed E-state index contributed by atoms with van der Waals surface area (Å²) in [4.78, 5) is 10.7. The van der Waals surface area contributed by atoms with E-state index in [0.717, 1.165) is 36.0 Å². The van der Waals surface area contributed by atoms with Crippen molar-refractivity contribution in [3.63, 3.8) is 0 Å². The number of rotatable bonds is 9. The molecule has 0 spiro atoms. The van der Waals surface area contributed by atoms with Crippen LogP contribution in [0.5, 0.6) is 0 Å². The molecule has 0 radical (unpaired) electrons. The lowest BCUT2D eigenvalue weighted by molar-refractivity contribution is -0.151. The lowest BCUT2D eigenvalue weighted by Crippen LogP contribution is -2.30. The summed E-state index contributed by atoms with van der Waals surface area (Å²) < 4.78 is 120. The van der Waals surface area contributed by atoms with Crippen molar-refractivity contribution in [1.82, 2.24) is 0 Å². The minimum atomic E-state index is -5.12. The van der Waals surface area contributed by atoms with Crippen LogP contribution in [0.25, 0.3) is 11.1 Å². The number of hydrogen-bond donors (Lipinski definition) is 2. The number of carboxylic acids is 1. The first-order valence-corrected chi connectivity index (χ1v) is 11.2. The van der Waals surface area contributed by atoms with Crippen molar-refractivity contribution in [2.75, 3.05) is 11.5 Å². The standard InChI is InChI=1S/C22H20F9NO2S/c23-20(24,25)14-5-6-15(17(11-14)22(29,30)31)12-1-3-13(4-2-12)16(21(26,27)28)7-9-35-10-8-18(32)19(33)34/h1-6,11,16,18H,7-10,32H2,(H,33,34). The molecule has 2 unspecified atom stereocenters. The second-order valence-corrected chi connectivity index (χ2v) is 8.83. The first-order valence-electron chi connectivity index (χ1n) is 10.0. The number of alkyl halides is 9. The molecule has 0 saturated carbocycles. The van der Waals surface area contributed by atoms with Gasteiger partial charge < -0.3 is 10.8 Å². The number of hydrogen-bond acceptors (Lipinski definition) is 3. The van der Waals surface area contributed by atoms with Crippen LogP contribution in [0.1, 0.15) is 35.4 Å². The maximum absolute atomic E-state index is 13.6. The van der Waals surface area contributed by atoms with E-state index in [4.69, 9.17) is 10.8 Å². The van der Waals surface area contributed by atoms with E-state index in [1.807, 2.05) is 0 Å². The number of carboxylic acid groups (broad SMARTS) is 1. The van der Waals surface area contributed by atoms with E-state index in [1.54, 1.807) is 0 Å². The molecule has 2 aromatic carbocycles. The van der Waals surface area contributed by atoms with Crippen molar-refractivity contribution in [2.45, 2.75) is 43.3 Å². The van der Waals surface area contributed by atoms with Gasteiger partial charge in [0.2, 0.25) is 0 Å². The van der Waals surface area contributed by atoms with Gasteiger partial charge in [0, 0.05) is 0 Å². The molecule has 3 N–H and O–H groups in total. The number of halogens is 9. The minimum absolute atomic E-state index is 0.0232. The minimum Gasteiger partial charge on any atom is -0.480 e. The molecule has 2 aromatic rings. The van der Waals surface area contributed by atoms with Crippen LogP contribution in [-0.2, 0) is 17.1 Å². The molecule has 0 aromatic heterocycles. The van der Waals surface area contributed by atoms with Crippen LogP contribution >= 0.6 is 11.8 Å². The molecule has 194 valence electrons. The summed E-state index contributed by atoms with van der Waals surface area (Å²) >= 11 is 1.09. The quantitative estimate of drug-likeness (QED) is 0.270. The van der Waals surface area contributed by atoms with Gasteiger partial charge in [-0.25, -0.2) is 0 Å². The largest absolute Gasteiger partial charge is 0.480 e. The van der Waals surface area contributed by atoms with Crippen molar-refractivity contribution in [3.05, 3.63) is 59.2 Å². The highest BCUT2D eigenvalue weighted by Gasteiger charge is 2.41. The summed E-state index contributed by atoms with van der Waals surface area (Å²) in [6.07, 6.45) is -15.1. The van der Waals surface area contributed by atoms with Crippen molar-refractivity contribution < 1.29 is 49.4 Å². The molecule has 35 heavy (non-hydrogen) atoms. The van der Waals surface area contributed by atoms with Crippen molar-refractivity contribution in [2.24, 2.45) is 5.73 Å². The van der Waals surface area contributed by atoms with E-state index >= 15 is 0 Å². The van der Waals surface area contributed by atoms with Gasteiger partial charge in [0.1, 0.15) is 6.04 Å². The van der Waals surface area contributed by atoms with Crippen LogP contribution < -0.4 is 5.73 Å². The normalized spacial score (nSPS) is 14.6. The van der Waals surface area contributed by atoms with Gasteiger partial charge in [-0.1, -0.05) is 30.3 Å². The van der Waals surface area contributed by atoms with Gasteiger partial charge in [-0.05, 0) is 53.2 Å². The van der Waals surface area contributed by atoms with Crippen LogP contribution in [0.15, 0.2) is 42.5 Å². The van der Waals surface area contributed by atoms with Gasteiger partial charge in [-0.15, -0.1) is 0 Å². The summed E-state index contributed by atoms with van der Waals surface area (Å²) in [6, 6.07) is 3.96. The van der Waals surface area contributed by atoms with Gasteiger partial charge in [0.25, 0.3) is 0 Å². The predicted octanol–water partition coefficient (Wildman–Crippen LogP) is 6.96. The smallest absolute Gasteiger partial charge is 0.417 e. The molecule has 0 bridgehead atoms. The summed E-state index contributed by atoms with van der Waals surface area (Å²) in [5.74, 6) is -2.91. The van der Waals surface area contributed by atoms with Crippen LogP contribution in [0.3, 0.4) is 0 Å². The van der Waals surface area contributed by atoms with E-state index < -0.39 is 53.1 Å². The van der Waals surface area contributed by atoms with Gasteiger partial charge in [-0.2, -0.15) is 51.3 Å². The zero-order valence-corrected chi connectivity index (χ0v) is 18.6. The molecule has 0 aliphatic carbocycles. The van der Waals surface area contributed by atoms with Crippen LogP contribution in [0.2, 0.25) is 0 Å². The maximum Gasteiger partial charge on any atom is 0.417 e. The lowest BCUT2D eigenvalue weighted by atomic mass is 9.92. The zero-order chi connectivity index (χ0) is 26.6. The number of benzene rings is 2. The zero-order valence-electron chi connectivity index (χ0n) is 17.8. The van der Waals surface area contributed by atoms with Crippen LogP contribution in [0, 0.1) is 0 Å². The summed E-state index contributed by atoms with van der Waals surface area (Å²) in [6.45, 7) is 0. The third-order valence-electron chi connectivity index (χ3n) is 5.11. The van der Waals surface area contributed by atoms with E-state index in [2.05, 4.69) is 0 Å². The highest BCUT2D eigenvalue weighted by atomic mass is 32.2. The summed E-state index contributed by atoms with van der Waals surface area (Å²) in [5, 5.41) is 8.70. The number of thioether (sulfide) groups is 1. The van der Waals surface area contributed by atoms with E-state index in [-0.39, 0.29) is 41.5 Å². The molecule has 0 aliphatic heterocycles. The lowest BCUT2D eigenvalue weighted by Gasteiger charge is -2.21. The van der Waals surface area contributed by atoms with Crippen molar-refractivity contribution in [3.8, 4) is 11.1 Å². The molecule has 13 heteroatoms. The molecular formula is C22H20F9NO2S. The van der Waals surface area contributed by atoms with Crippen molar-refractivity contribution in [1.29, 1.82) is 0 Å². The first-order chi connectivity index (χ1) is 16.0.